The number of carbonyl (C=O) groups excluding carboxylic acids is 3. The van der Waals surface area contributed by atoms with Gasteiger partial charge in [0.15, 0.2) is 0 Å². The second-order valence-corrected chi connectivity index (χ2v) is 3.36. The standard InChI is InChI=1S/C9H17N3O4/c10-7(14)5-12(6-8(11)15)9(16)3-1-2-4-13/h13H,1-6H2,(H2,10,14)(H2,11,15). The molecule has 0 rings (SSSR count). The number of rotatable bonds is 8. The van der Waals surface area contributed by atoms with Crippen molar-refractivity contribution in [3.8, 4) is 0 Å². The van der Waals surface area contributed by atoms with Gasteiger partial charge in [0, 0.05) is 13.0 Å². The van der Waals surface area contributed by atoms with Crippen molar-refractivity contribution in [2.45, 2.75) is 19.3 Å². The second kappa shape index (κ2) is 7.63. The van der Waals surface area contributed by atoms with E-state index in [1.165, 1.54) is 0 Å². The Balaban J connectivity index is 4.20. The van der Waals surface area contributed by atoms with E-state index in [1.54, 1.807) is 0 Å². The molecule has 5 N–H and O–H groups in total. The predicted octanol–water partition coefficient (Wildman–Crippen LogP) is -2.05. The van der Waals surface area contributed by atoms with Gasteiger partial charge in [-0.3, -0.25) is 14.4 Å². The van der Waals surface area contributed by atoms with E-state index in [2.05, 4.69) is 0 Å². The fraction of sp³-hybridized carbons (Fsp3) is 0.667. The number of aliphatic hydroxyl groups excluding tert-OH is 1. The molecule has 3 amide bonds. The Morgan fingerprint density at radius 3 is 1.88 bits per heavy atom. The SMILES string of the molecule is NC(=O)CN(CC(N)=O)C(=O)CCCCO. The fourth-order valence-corrected chi connectivity index (χ4v) is 1.15. The first-order valence-electron chi connectivity index (χ1n) is 4.92. The van der Waals surface area contributed by atoms with Crippen LogP contribution in [0.4, 0.5) is 0 Å². The lowest BCUT2D eigenvalue weighted by atomic mass is 10.2. The van der Waals surface area contributed by atoms with E-state index in [4.69, 9.17) is 16.6 Å². The summed E-state index contributed by atoms with van der Waals surface area (Å²) < 4.78 is 0. The van der Waals surface area contributed by atoms with Crippen LogP contribution >= 0.6 is 0 Å². The minimum atomic E-state index is -0.697. The van der Waals surface area contributed by atoms with Crippen molar-refractivity contribution in [2.24, 2.45) is 11.5 Å². The maximum Gasteiger partial charge on any atom is 0.237 e. The third kappa shape index (κ3) is 6.77. The zero-order chi connectivity index (χ0) is 12.6. The van der Waals surface area contributed by atoms with Crippen LogP contribution in [0.5, 0.6) is 0 Å². The van der Waals surface area contributed by atoms with E-state index >= 15 is 0 Å². The number of hydrogen-bond acceptors (Lipinski definition) is 4. The van der Waals surface area contributed by atoms with Gasteiger partial charge in [-0.15, -0.1) is 0 Å². The van der Waals surface area contributed by atoms with Gasteiger partial charge in [-0.1, -0.05) is 0 Å². The van der Waals surface area contributed by atoms with Crippen molar-refractivity contribution in [1.29, 1.82) is 0 Å². The molecular formula is C9H17N3O4. The van der Waals surface area contributed by atoms with Crippen LogP contribution < -0.4 is 11.5 Å². The number of nitrogens with two attached hydrogens (primary N) is 2. The summed E-state index contributed by atoms with van der Waals surface area (Å²) in [6.45, 7) is -0.638. The highest BCUT2D eigenvalue weighted by Crippen LogP contribution is 2.00. The molecule has 0 saturated heterocycles. The Morgan fingerprint density at radius 1 is 1.00 bits per heavy atom. The summed E-state index contributed by atoms with van der Waals surface area (Å²) in [7, 11) is 0. The first kappa shape index (κ1) is 14.4. The maximum atomic E-state index is 11.5. The quantitative estimate of drug-likeness (QED) is 0.415. The Morgan fingerprint density at radius 2 is 1.50 bits per heavy atom. The second-order valence-electron chi connectivity index (χ2n) is 3.36. The molecule has 0 atom stereocenters. The average Bonchev–Trinajstić information content (AvgIpc) is 2.15. The van der Waals surface area contributed by atoms with Gasteiger partial charge in [0.25, 0.3) is 0 Å². The predicted molar refractivity (Wildman–Crippen MR) is 55.9 cm³/mol. The lowest BCUT2D eigenvalue weighted by Crippen LogP contribution is -2.43. The number of hydrogen-bond donors (Lipinski definition) is 3. The largest absolute Gasteiger partial charge is 0.396 e. The normalized spacial score (nSPS) is 9.81. The molecule has 0 bridgehead atoms. The fourth-order valence-electron chi connectivity index (χ4n) is 1.15. The molecule has 0 unspecified atom stereocenters. The summed E-state index contributed by atoms with van der Waals surface area (Å²) in [5.41, 5.74) is 9.87. The van der Waals surface area contributed by atoms with Crippen molar-refractivity contribution in [3.63, 3.8) is 0 Å². The molecule has 0 aromatic rings. The van der Waals surface area contributed by atoms with Crippen LogP contribution in [-0.2, 0) is 14.4 Å². The number of carbonyl (C=O) groups is 3. The van der Waals surface area contributed by atoms with Crippen LogP contribution in [-0.4, -0.2) is 47.4 Å². The molecule has 0 saturated carbocycles. The molecule has 0 aliphatic carbocycles. The topological polar surface area (TPSA) is 127 Å². The van der Waals surface area contributed by atoms with E-state index in [1.807, 2.05) is 0 Å². The molecule has 92 valence electrons. The summed E-state index contributed by atoms with van der Waals surface area (Å²) in [6.07, 6.45) is 1.14. The van der Waals surface area contributed by atoms with Gasteiger partial charge in [0.05, 0.1) is 13.1 Å². The Bertz CT molecular complexity index is 251. The average molecular weight is 231 g/mol. The summed E-state index contributed by atoms with van der Waals surface area (Å²) in [6, 6.07) is 0. The molecule has 0 fully saturated rings. The van der Waals surface area contributed by atoms with Gasteiger partial charge in [0.1, 0.15) is 0 Å². The van der Waals surface area contributed by atoms with Gasteiger partial charge in [-0.25, -0.2) is 0 Å². The molecule has 16 heavy (non-hydrogen) atoms. The number of unbranched alkanes of at least 4 members (excludes halogenated alkanes) is 1. The highest BCUT2D eigenvalue weighted by atomic mass is 16.3. The third-order valence-corrected chi connectivity index (χ3v) is 1.84. The first-order chi connectivity index (χ1) is 7.47. The Hall–Kier alpha value is -1.63. The molecule has 0 spiro atoms. The van der Waals surface area contributed by atoms with Gasteiger partial charge in [-0.05, 0) is 12.8 Å². The molecule has 0 aliphatic rings. The van der Waals surface area contributed by atoms with Crippen LogP contribution in [0.2, 0.25) is 0 Å². The number of amides is 3. The van der Waals surface area contributed by atoms with Gasteiger partial charge in [0.2, 0.25) is 17.7 Å². The zero-order valence-corrected chi connectivity index (χ0v) is 9.02. The Labute approximate surface area is 93.4 Å². The van der Waals surface area contributed by atoms with Crippen LogP contribution in [0.3, 0.4) is 0 Å². The van der Waals surface area contributed by atoms with Crippen LogP contribution in [0.1, 0.15) is 19.3 Å². The number of aliphatic hydroxyl groups is 1. The van der Waals surface area contributed by atoms with Crippen molar-refractivity contribution in [3.05, 3.63) is 0 Å². The number of primary amides is 2. The third-order valence-electron chi connectivity index (χ3n) is 1.84. The van der Waals surface area contributed by atoms with Gasteiger partial charge >= 0.3 is 0 Å². The smallest absolute Gasteiger partial charge is 0.237 e. The summed E-state index contributed by atoms with van der Waals surface area (Å²) in [4.78, 5) is 33.9. The highest BCUT2D eigenvalue weighted by molar-refractivity contribution is 5.87. The molecular weight excluding hydrogens is 214 g/mol. The first-order valence-corrected chi connectivity index (χ1v) is 4.92. The minimum Gasteiger partial charge on any atom is -0.396 e. The summed E-state index contributed by atoms with van der Waals surface area (Å²) in [5, 5.41) is 8.54. The van der Waals surface area contributed by atoms with Crippen molar-refractivity contribution >= 4 is 17.7 Å². The summed E-state index contributed by atoms with van der Waals surface area (Å²) in [5.74, 6) is -1.76. The molecule has 7 nitrogen and oxygen atoms in total. The van der Waals surface area contributed by atoms with E-state index in [0.717, 1.165) is 4.90 Å². The minimum absolute atomic E-state index is 0.00107. The van der Waals surface area contributed by atoms with E-state index in [9.17, 15) is 14.4 Å². The molecule has 7 heteroatoms. The van der Waals surface area contributed by atoms with Gasteiger partial charge < -0.3 is 21.5 Å². The Kier molecular flexibility index (Phi) is 6.86. The molecule has 0 radical (unpaired) electrons. The summed E-state index contributed by atoms with van der Waals surface area (Å²) >= 11 is 0. The van der Waals surface area contributed by atoms with E-state index in [-0.39, 0.29) is 32.0 Å². The lowest BCUT2D eigenvalue weighted by molar-refractivity contribution is -0.138. The van der Waals surface area contributed by atoms with Crippen molar-refractivity contribution in [2.75, 3.05) is 19.7 Å². The zero-order valence-electron chi connectivity index (χ0n) is 9.02. The molecule has 0 aromatic carbocycles. The van der Waals surface area contributed by atoms with E-state index in [0.29, 0.717) is 12.8 Å². The molecule has 0 aliphatic heterocycles. The molecule has 0 aromatic heterocycles. The highest BCUT2D eigenvalue weighted by Gasteiger charge is 2.17. The van der Waals surface area contributed by atoms with Crippen LogP contribution in [0.15, 0.2) is 0 Å². The van der Waals surface area contributed by atoms with Gasteiger partial charge in [-0.2, -0.15) is 0 Å². The van der Waals surface area contributed by atoms with E-state index < -0.39 is 11.8 Å². The molecule has 0 heterocycles. The van der Waals surface area contributed by atoms with Crippen molar-refractivity contribution < 1.29 is 19.5 Å². The monoisotopic (exact) mass is 231 g/mol. The van der Waals surface area contributed by atoms with Crippen LogP contribution in [0, 0.1) is 0 Å². The number of nitrogens with zero attached hydrogens (tertiary/aromatic N) is 1. The van der Waals surface area contributed by atoms with Crippen LogP contribution in [0.25, 0.3) is 0 Å². The van der Waals surface area contributed by atoms with Crippen molar-refractivity contribution in [1.82, 2.24) is 4.90 Å². The maximum absolute atomic E-state index is 11.5. The lowest BCUT2D eigenvalue weighted by Gasteiger charge is -2.19.